The zero-order valence-electron chi connectivity index (χ0n) is 14.1. The third-order valence-electron chi connectivity index (χ3n) is 3.02. The van der Waals surface area contributed by atoms with Crippen LogP contribution < -0.4 is 15.4 Å². The maximum atomic E-state index is 12.0. The fourth-order valence-electron chi connectivity index (χ4n) is 1.93. The van der Waals surface area contributed by atoms with Gasteiger partial charge >= 0.3 is 0 Å². The molecule has 1 aromatic heterocycles. The molecule has 0 fully saturated rings. The van der Waals surface area contributed by atoms with Crippen molar-refractivity contribution in [2.24, 2.45) is 7.05 Å². The fourth-order valence-corrected chi connectivity index (χ4v) is 2.63. The van der Waals surface area contributed by atoms with Gasteiger partial charge < -0.3 is 15.4 Å². The van der Waals surface area contributed by atoms with E-state index in [1.807, 2.05) is 13.0 Å². The van der Waals surface area contributed by atoms with Gasteiger partial charge in [-0.2, -0.15) is 0 Å². The van der Waals surface area contributed by atoms with Crippen LogP contribution >= 0.6 is 11.8 Å². The summed E-state index contributed by atoms with van der Waals surface area (Å²) in [6.45, 7) is 2.77. The Kier molecular flexibility index (Phi) is 7.20. The van der Waals surface area contributed by atoms with E-state index in [0.717, 1.165) is 0 Å². The molecule has 0 spiro atoms. The van der Waals surface area contributed by atoms with Crippen LogP contribution in [-0.4, -0.2) is 50.9 Å². The number of thioether (sulfide) groups is 1. The maximum Gasteiger partial charge on any atom is 0.233 e. The lowest BCUT2D eigenvalue weighted by atomic mass is 10.2. The maximum absolute atomic E-state index is 12.0. The van der Waals surface area contributed by atoms with Crippen molar-refractivity contribution in [2.45, 2.75) is 18.5 Å². The molecule has 2 aromatic rings. The topological polar surface area (TPSA) is 111 Å². The van der Waals surface area contributed by atoms with Crippen LogP contribution in [0.25, 0.3) is 0 Å². The third-order valence-corrected chi connectivity index (χ3v) is 4.03. The van der Waals surface area contributed by atoms with E-state index in [9.17, 15) is 9.59 Å². The van der Waals surface area contributed by atoms with Gasteiger partial charge in [0.15, 0.2) is 0 Å². The zero-order chi connectivity index (χ0) is 18.1. The van der Waals surface area contributed by atoms with Crippen molar-refractivity contribution < 1.29 is 14.3 Å². The first-order valence-corrected chi connectivity index (χ1v) is 8.72. The number of nitrogens with one attached hydrogen (secondary N) is 2. The second-order valence-electron chi connectivity index (χ2n) is 4.94. The van der Waals surface area contributed by atoms with Crippen LogP contribution in [0.1, 0.15) is 13.3 Å². The second-order valence-corrected chi connectivity index (χ2v) is 6.00. The van der Waals surface area contributed by atoms with Crippen molar-refractivity contribution in [1.29, 1.82) is 0 Å². The standard InChI is InChI=1S/C15H20N6O3S/c1-3-24-12-7-5-4-6-11(12)17-14(23)10-13(22)16-8-9-25-15-18-19-20-21(15)2/h4-7H,3,8-10H2,1-2H3,(H,16,22)(H,17,23). The number of carbonyl (C=O) groups excluding carboxylic acids is 2. The Labute approximate surface area is 149 Å². The number of aryl methyl sites for hydroxylation is 1. The number of rotatable bonds is 9. The molecule has 0 bridgehead atoms. The van der Waals surface area contributed by atoms with E-state index >= 15 is 0 Å². The highest BCUT2D eigenvalue weighted by atomic mass is 32.2. The molecule has 0 aliphatic rings. The molecule has 0 radical (unpaired) electrons. The monoisotopic (exact) mass is 364 g/mol. The minimum Gasteiger partial charge on any atom is -0.492 e. The quantitative estimate of drug-likeness (QED) is 0.385. The van der Waals surface area contributed by atoms with Gasteiger partial charge in [-0.05, 0) is 29.5 Å². The third kappa shape index (κ3) is 6.07. The number of benzene rings is 1. The lowest BCUT2D eigenvalue weighted by Crippen LogP contribution is -2.29. The minimum atomic E-state index is -0.394. The Balaban J connectivity index is 1.71. The van der Waals surface area contributed by atoms with E-state index in [0.29, 0.717) is 35.5 Å². The normalized spacial score (nSPS) is 10.3. The molecule has 0 aliphatic heterocycles. The number of hydrogen-bond acceptors (Lipinski definition) is 7. The van der Waals surface area contributed by atoms with Gasteiger partial charge in [-0.25, -0.2) is 4.68 Å². The van der Waals surface area contributed by atoms with Crippen LogP contribution in [0.15, 0.2) is 29.4 Å². The highest BCUT2D eigenvalue weighted by molar-refractivity contribution is 7.99. The first-order valence-electron chi connectivity index (χ1n) is 7.73. The summed E-state index contributed by atoms with van der Waals surface area (Å²) in [5, 5.41) is 17.1. The molecule has 9 nitrogen and oxygen atoms in total. The Morgan fingerprint density at radius 2 is 2.08 bits per heavy atom. The van der Waals surface area contributed by atoms with Crippen LogP contribution in [0.2, 0.25) is 0 Å². The smallest absolute Gasteiger partial charge is 0.233 e. The average Bonchev–Trinajstić information content (AvgIpc) is 2.99. The van der Waals surface area contributed by atoms with E-state index in [1.165, 1.54) is 11.8 Å². The Bertz CT molecular complexity index is 721. The zero-order valence-corrected chi connectivity index (χ0v) is 14.9. The Hall–Kier alpha value is -2.62. The predicted octanol–water partition coefficient (Wildman–Crippen LogP) is 0.846. The number of hydrogen-bond donors (Lipinski definition) is 2. The number of anilines is 1. The first-order chi connectivity index (χ1) is 12.1. The number of nitrogens with zero attached hydrogens (tertiary/aromatic N) is 4. The number of para-hydroxylation sites is 2. The van der Waals surface area contributed by atoms with E-state index < -0.39 is 5.91 Å². The molecule has 10 heteroatoms. The molecular formula is C15H20N6O3S. The van der Waals surface area contributed by atoms with E-state index in [2.05, 4.69) is 26.2 Å². The van der Waals surface area contributed by atoms with Gasteiger partial charge in [0.05, 0.1) is 12.3 Å². The van der Waals surface area contributed by atoms with Crippen molar-refractivity contribution in [3.05, 3.63) is 24.3 Å². The minimum absolute atomic E-state index is 0.253. The molecule has 2 amide bonds. The highest BCUT2D eigenvalue weighted by Crippen LogP contribution is 2.23. The van der Waals surface area contributed by atoms with Gasteiger partial charge in [0.25, 0.3) is 0 Å². The van der Waals surface area contributed by atoms with Crippen molar-refractivity contribution in [1.82, 2.24) is 25.5 Å². The lowest BCUT2D eigenvalue weighted by Gasteiger charge is -2.11. The van der Waals surface area contributed by atoms with Gasteiger partial charge in [-0.15, -0.1) is 5.10 Å². The van der Waals surface area contributed by atoms with E-state index in [1.54, 1.807) is 29.9 Å². The summed E-state index contributed by atoms with van der Waals surface area (Å²) in [6.07, 6.45) is -0.253. The number of ether oxygens (including phenoxy) is 1. The SMILES string of the molecule is CCOc1ccccc1NC(=O)CC(=O)NCCSc1nnnn1C. The second kappa shape index (κ2) is 9.62. The van der Waals surface area contributed by atoms with Crippen molar-refractivity contribution in [3.8, 4) is 5.75 Å². The molecule has 0 saturated carbocycles. The molecule has 25 heavy (non-hydrogen) atoms. The molecule has 0 aliphatic carbocycles. The van der Waals surface area contributed by atoms with Crippen LogP contribution in [0, 0.1) is 0 Å². The van der Waals surface area contributed by atoms with Crippen LogP contribution in [0.3, 0.4) is 0 Å². The van der Waals surface area contributed by atoms with Crippen molar-refractivity contribution in [3.63, 3.8) is 0 Å². The van der Waals surface area contributed by atoms with Gasteiger partial charge in [0, 0.05) is 19.3 Å². The molecule has 0 unspecified atom stereocenters. The molecule has 0 saturated heterocycles. The van der Waals surface area contributed by atoms with Gasteiger partial charge in [0.1, 0.15) is 12.2 Å². The van der Waals surface area contributed by atoms with Gasteiger partial charge in [0.2, 0.25) is 17.0 Å². The Morgan fingerprint density at radius 3 is 2.80 bits per heavy atom. The van der Waals surface area contributed by atoms with Gasteiger partial charge in [-0.3, -0.25) is 9.59 Å². The number of aromatic nitrogens is 4. The van der Waals surface area contributed by atoms with Crippen LogP contribution in [0.5, 0.6) is 5.75 Å². The molecular weight excluding hydrogens is 344 g/mol. The summed E-state index contributed by atoms with van der Waals surface area (Å²) in [6, 6.07) is 7.10. The molecule has 0 atom stereocenters. The summed E-state index contributed by atoms with van der Waals surface area (Å²) < 4.78 is 6.98. The van der Waals surface area contributed by atoms with Crippen molar-refractivity contribution in [2.75, 3.05) is 24.2 Å². The molecule has 1 heterocycles. The number of amides is 2. The molecule has 2 N–H and O–H groups in total. The van der Waals surface area contributed by atoms with E-state index in [4.69, 9.17) is 4.74 Å². The largest absolute Gasteiger partial charge is 0.492 e. The molecule has 2 rings (SSSR count). The fraction of sp³-hybridized carbons (Fsp3) is 0.400. The van der Waals surface area contributed by atoms with Crippen molar-refractivity contribution >= 4 is 29.3 Å². The van der Waals surface area contributed by atoms with Crippen LogP contribution in [0.4, 0.5) is 5.69 Å². The highest BCUT2D eigenvalue weighted by Gasteiger charge is 2.12. The summed E-state index contributed by atoms with van der Waals surface area (Å²) >= 11 is 1.42. The molecule has 1 aromatic carbocycles. The molecule has 134 valence electrons. The Morgan fingerprint density at radius 1 is 1.28 bits per heavy atom. The predicted molar refractivity (Wildman–Crippen MR) is 93.4 cm³/mol. The summed E-state index contributed by atoms with van der Waals surface area (Å²) in [4.78, 5) is 23.8. The summed E-state index contributed by atoms with van der Waals surface area (Å²) in [7, 11) is 1.74. The van der Waals surface area contributed by atoms with Gasteiger partial charge in [-0.1, -0.05) is 23.9 Å². The lowest BCUT2D eigenvalue weighted by molar-refractivity contribution is -0.126. The first kappa shape index (κ1) is 18.7. The number of tetrazole rings is 1. The summed E-state index contributed by atoms with van der Waals surface area (Å²) in [5.41, 5.74) is 0.549. The number of carbonyl (C=O) groups is 2. The van der Waals surface area contributed by atoms with Crippen LogP contribution in [-0.2, 0) is 16.6 Å². The average molecular weight is 364 g/mol. The summed E-state index contributed by atoms with van der Waals surface area (Å²) in [5.74, 6) is 0.444. The van der Waals surface area contributed by atoms with E-state index in [-0.39, 0.29) is 12.3 Å².